The number of nitrogens with zero attached hydrogens (tertiary/aromatic N) is 2. The molecular formula is C26H24N2O8. The number of benzene rings is 3. The highest BCUT2D eigenvalue weighted by molar-refractivity contribution is 5.95. The Bertz CT molecular complexity index is 1200. The molecule has 186 valence electrons. The first kappa shape index (κ1) is 26.0. The molecule has 0 aliphatic rings. The van der Waals surface area contributed by atoms with Gasteiger partial charge in [-0.05, 0) is 49.2 Å². The molecule has 3 aromatic rings. The van der Waals surface area contributed by atoms with Crippen molar-refractivity contribution in [2.24, 2.45) is 0 Å². The molecule has 0 aromatic heterocycles. The van der Waals surface area contributed by atoms with Gasteiger partial charge in [-0.15, -0.1) is 0 Å². The second-order valence-electron chi connectivity index (χ2n) is 7.95. The zero-order chi connectivity index (χ0) is 26.2. The van der Waals surface area contributed by atoms with Crippen molar-refractivity contribution in [1.29, 1.82) is 0 Å². The molecule has 10 nitrogen and oxygen atoms in total. The van der Waals surface area contributed by atoms with Crippen LogP contribution >= 0.6 is 0 Å². The molecule has 10 heteroatoms. The molecule has 0 amide bonds. The second-order valence-corrected chi connectivity index (χ2v) is 7.95. The van der Waals surface area contributed by atoms with Crippen molar-refractivity contribution in [3.8, 4) is 11.5 Å². The van der Waals surface area contributed by atoms with Crippen LogP contribution in [0.3, 0.4) is 0 Å². The van der Waals surface area contributed by atoms with Crippen molar-refractivity contribution >= 4 is 23.3 Å². The summed E-state index contributed by atoms with van der Waals surface area (Å²) >= 11 is 0. The van der Waals surface area contributed by atoms with Gasteiger partial charge in [-0.25, -0.2) is 9.59 Å². The maximum absolute atomic E-state index is 12.6. The van der Waals surface area contributed by atoms with Crippen molar-refractivity contribution in [1.82, 2.24) is 0 Å². The maximum atomic E-state index is 12.6. The molecule has 3 rings (SSSR count). The average Bonchev–Trinajstić information content (AvgIpc) is 2.86. The quantitative estimate of drug-likeness (QED) is 0.149. The highest BCUT2D eigenvalue weighted by atomic mass is 16.6. The van der Waals surface area contributed by atoms with E-state index in [1.54, 1.807) is 0 Å². The summed E-state index contributed by atoms with van der Waals surface area (Å²) in [5.74, 6) is -0.890. The van der Waals surface area contributed by atoms with Gasteiger partial charge in [-0.2, -0.15) is 0 Å². The highest BCUT2D eigenvalue weighted by Crippen LogP contribution is 2.28. The van der Waals surface area contributed by atoms with Crippen molar-refractivity contribution in [2.45, 2.75) is 39.5 Å². The second kappa shape index (κ2) is 11.7. The van der Waals surface area contributed by atoms with Gasteiger partial charge >= 0.3 is 11.9 Å². The molecule has 3 aromatic carbocycles. The van der Waals surface area contributed by atoms with E-state index in [1.165, 1.54) is 60.7 Å². The Kier molecular flexibility index (Phi) is 8.45. The number of carbonyl (C=O) groups excluding carboxylic acids is 2. The summed E-state index contributed by atoms with van der Waals surface area (Å²) in [7, 11) is 0. The van der Waals surface area contributed by atoms with Crippen LogP contribution in [0.2, 0.25) is 0 Å². The number of hydrogen-bond donors (Lipinski definition) is 0. The monoisotopic (exact) mass is 492 g/mol. The molecule has 0 unspecified atom stereocenters. The highest BCUT2D eigenvalue weighted by Gasteiger charge is 2.18. The van der Waals surface area contributed by atoms with Gasteiger partial charge in [-0.1, -0.05) is 26.7 Å². The first-order valence-electron chi connectivity index (χ1n) is 11.3. The number of carbonyl (C=O) groups is 2. The fraction of sp³-hybridized carbons (Fsp3) is 0.231. The number of ether oxygens (including phenoxy) is 2. The van der Waals surface area contributed by atoms with Gasteiger partial charge in [-0.3, -0.25) is 20.2 Å². The van der Waals surface area contributed by atoms with E-state index in [1.807, 2.05) is 13.8 Å². The molecule has 0 heterocycles. The number of hydrogen-bond acceptors (Lipinski definition) is 8. The van der Waals surface area contributed by atoms with Crippen molar-refractivity contribution in [2.75, 3.05) is 0 Å². The molecule has 0 saturated carbocycles. The first-order valence-corrected chi connectivity index (χ1v) is 11.3. The summed E-state index contributed by atoms with van der Waals surface area (Å²) in [6.07, 6.45) is 2.41. The van der Waals surface area contributed by atoms with Crippen LogP contribution in [0, 0.1) is 20.2 Å². The van der Waals surface area contributed by atoms with Crippen LogP contribution in [-0.2, 0) is 12.8 Å². The van der Waals surface area contributed by atoms with E-state index >= 15 is 0 Å². The van der Waals surface area contributed by atoms with Gasteiger partial charge in [0.1, 0.15) is 11.5 Å². The molecule has 36 heavy (non-hydrogen) atoms. The van der Waals surface area contributed by atoms with Crippen molar-refractivity contribution in [3.63, 3.8) is 0 Å². The van der Waals surface area contributed by atoms with Crippen LogP contribution in [0.15, 0.2) is 60.7 Å². The predicted molar refractivity (Wildman–Crippen MR) is 131 cm³/mol. The number of non-ortho nitro benzene ring substituents is 2. The van der Waals surface area contributed by atoms with Gasteiger partial charge in [0, 0.05) is 35.4 Å². The molecule has 0 aliphatic carbocycles. The van der Waals surface area contributed by atoms with E-state index in [9.17, 15) is 29.8 Å². The molecule has 0 spiro atoms. The van der Waals surface area contributed by atoms with Gasteiger partial charge < -0.3 is 9.47 Å². The fourth-order valence-corrected chi connectivity index (χ4v) is 3.55. The Morgan fingerprint density at radius 1 is 0.667 bits per heavy atom. The standard InChI is InChI=1S/C26H24N2O8/c1-3-5-19-15-21(27(31)32)11-13-23(19)35-25(29)17-7-9-18(10-8-17)26(30)36-24-14-12-22(28(33)34)16-20(24)6-4-2/h7-16H,3-6H2,1-2H3. The Morgan fingerprint density at radius 2 is 1.03 bits per heavy atom. The molecule has 0 atom stereocenters. The average molecular weight is 492 g/mol. The number of esters is 2. The van der Waals surface area contributed by atoms with Crippen molar-refractivity contribution < 1.29 is 28.9 Å². The van der Waals surface area contributed by atoms with E-state index in [2.05, 4.69) is 0 Å². The largest absolute Gasteiger partial charge is 0.423 e. The third kappa shape index (κ3) is 6.29. The maximum Gasteiger partial charge on any atom is 0.343 e. The lowest BCUT2D eigenvalue weighted by Gasteiger charge is -2.11. The molecule has 0 saturated heterocycles. The van der Waals surface area contributed by atoms with Crippen molar-refractivity contribution in [3.05, 3.63) is 103 Å². The molecule has 0 fully saturated rings. The van der Waals surface area contributed by atoms with Gasteiger partial charge in [0.2, 0.25) is 0 Å². The van der Waals surface area contributed by atoms with Crippen LogP contribution in [0.1, 0.15) is 58.5 Å². The Balaban J connectivity index is 1.74. The van der Waals surface area contributed by atoms with Crippen LogP contribution in [-0.4, -0.2) is 21.8 Å². The fourth-order valence-electron chi connectivity index (χ4n) is 3.55. The lowest BCUT2D eigenvalue weighted by molar-refractivity contribution is -0.385. The predicted octanol–water partition coefficient (Wildman–Crippen LogP) is 5.85. The van der Waals surface area contributed by atoms with E-state index in [0.29, 0.717) is 36.8 Å². The molecular weight excluding hydrogens is 468 g/mol. The Labute approximate surface area is 206 Å². The Hall–Kier alpha value is -4.60. The smallest absolute Gasteiger partial charge is 0.343 e. The number of nitro groups is 2. The third-order valence-electron chi connectivity index (χ3n) is 5.31. The zero-order valence-electron chi connectivity index (χ0n) is 19.8. The summed E-state index contributed by atoms with van der Waals surface area (Å²) in [6.45, 7) is 3.81. The Morgan fingerprint density at radius 3 is 1.33 bits per heavy atom. The summed E-state index contributed by atoms with van der Waals surface area (Å²) in [6, 6.07) is 13.7. The topological polar surface area (TPSA) is 139 Å². The van der Waals surface area contributed by atoms with Gasteiger partial charge in [0.15, 0.2) is 0 Å². The van der Waals surface area contributed by atoms with Crippen LogP contribution in [0.25, 0.3) is 0 Å². The minimum absolute atomic E-state index is 0.0868. The minimum atomic E-state index is -0.679. The summed E-state index contributed by atoms with van der Waals surface area (Å²) in [4.78, 5) is 46.3. The number of nitro benzene ring substituents is 2. The molecule has 0 bridgehead atoms. The summed E-state index contributed by atoms with van der Waals surface area (Å²) < 4.78 is 10.9. The summed E-state index contributed by atoms with van der Waals surface area (Å²) in [5, 5.41) is 22.1. The van der Waals surface area contributed by atoms with Gasteiger partial charge in [0.25, 0.3) is 11.4 Å². The van der Waals surface area contributed by atoms with Gasteiger partial charge in [0.05, 0.1) is 21.0 Å². The lowest BCUT2D eigenvalue weighted by Crippen LogP contribution is -2.12. The van der Waals surface area contributed by atoms with E-state index in [-0.39, 0.29) is 34.0 Å². The minimum Gasteiger partial charge on any atom is -0.423 e. The number of aryl methyl sites for hydroxylation is 2. The molecule has 0 aliphatic heterocycles. The van der Waals surface area contributed by atoms with E-state index in [0.717, 1.165) is 0 Å². The van der Waals surface area contributed by atoms with E-state index in [4.69, 9.17) is 9.47 Å². The first-order chi connectivity index (χ1) is 17.2. The number of rotatable bonds is 10. The molecule has 0 N–H and O–H groups in total. The normalized spacial score (nSPS) is 10.5. The zero-order valence-corrected chi connectivity index (χ0v) is 19.8. The van der Waals surface area contributed by atoms with Crippen LogP contribution in [0.5, 0.6) is 11.5 Å². The van der Waals surface area contributed by atoms with Crippen LogP contribution in [0.4, 0.5) is 11.4 Å². The lowest BCUT2D eigenvalue weighted by atomic mass is 10.1. The van der Waals surface area contributed by atoms with E-state index < -0.39 is 21.8 Å². The van der Waals surface area contributed by atoms with Crippen LogP contribution < -0.4 is 9.47 Å². The SMILES string of the molecule is CCCc1cc([N+](=O)[O-])ccc1OC(=O)c1ccc(C(=O)Oc2ccc([N+](=O)[O-])cc2CCC)cc1. The third-order valence-corrected chi connectivity index (χ3v) is 5.31. The molecule has 0 radical (unpaired) electrons. The summed E-state index contributed by atoms with van der Waals surface area (Å²) in [5.41, 5.74) is 1.27.